The number of hydrogen-bond donors (Lipinski definition) is 2. The highest BCUT2D eigenvalue weighted by molar-refractivity contribution is 5.80. The van der Waals surface area contributed by atoms with Crippen molar-refractivity contribution in [2.75, 3.05) is 32.8 Å². The van der Waals surface area contributed by atoms with E-state index in [4.69, 9.17) is 4.74 Å². The summed E-state index contributed by atoms with van der Waals surface area (Å²) in [4.78, 5) is 19.0. The van der Waals surface area contributed by atoms with Gasteiger partial charge in [0, 0.05) is 52.4 Å². The minimum atomic E-state index is 0.216. The number of hydrogen-bond acceptors (Lipinski definition) is 3. The number of carbonyl (C=O) groups is 1. The van der Waals surface area contributed by atoms with Crippen LogP contribution in [-0.2, 0) is 22.6 Å². The average molecular weight is 389 g/mol. The van der Waals surface area contributed by atoms with Gasteiger partial charge < -0.3 is 20.3 Å². The molecule has 2 rings (SSSR count). The van der Waals surface area contributed by atoms with Crippen LogP contribution in [0.3, 0.4) is 0 Å². The Bertz CT molecular complexity index is 593. The summed E-state index contributed by atoms with van der Waals surface area (Å²) in [6, 6.07) is 8.29. The first kappa shape index (κ1) is 22.2. The van der Waals surface area contributed by atoms with E-state index in [9.17, 15) is 4.79 Å². The molecule has 1 heterocycles. The molecule has 0 atom stereocenters. The van der Waals surface area contributed by atoms with Gasteiger partial charge in [-0.1, -0.05) is 37.6 Å². The van der Waals surface area contributed by atoms with Gasteiger partial charge in [0.05, 0.1) is 0 Å². The smallest absolute Gasteiger partial charge is 0.223 e. The number of carbonyl (C=O) groups excluding carboxylic acids is 1. The minimum absolute atomic E-state index is 0.216. The van der Waals surface area contributed by atoms with Crippen LogP contribution in [-0.4, -0.2) is 49.6 Å². The van der Waals surface area contributed by atoms with E-state index >= 15 is 0 Å². The third-order valence-electron chi connectivity index (χ3n) is 4.76. The van der Waals surface area contributed by atoms with Crippen molar-refractivity contribution < 1.29 is 9.53 Å². The number of guanidine groups is 1. The number of benzene rings is 1. The van der Waals surface area contributed by atoms with Gasteiger partial charge in [-0.2, -0.15) is 0 Å². The van der Waals surface area contributed by atoms with Crippen LogP contribution >= 0.6 is 0 Å². The lowest BCUT2D eigenvalue weighted by Gasteiger charge is -2.15. The molecule has 1 aromatic rings. The molecule has 0 bridgehead atoms. The summed E-state index contributed by atoms with van der Waals surface area (Å²) in [6.45, 7) is 9.63. The average Bonchev–Trinajstić information content (AvgIpc) is 3.14. The van der Waals surface area contributed by atoms with E-state index in [2.05, 4.69) is 41.6 Å². The van der Waals surface area contributed by atoms with E-state index in [1.807, 2.05) is 17.0 Å². The van der Waals surface area contributed by atoms with Gasteiger partial charge in [0.2, 0.25) is 5.91 Å². The van der Waals surface area contributed by atoms with Gasteiger partial charge in [-0.15, -0.1) is 0 Å². The van der Waals surface area contributed by atoms with E-state index in [0.717, 1.165) is 64.6 Å². The summed E-state index contributed by atoms with van der Waals surface area (Å²) in [5, 5.41) is 6.58. The molecule has 1 aromatic carbocycles. The Balaban J connectivity index is 1.61. The standard InChI is InChI=1S/C22H36N4O2/c1-3-5-15-28-16-9-14-25-22(23-4-2)24-13-8-12-21(27)26-17-19-10-6-7-11-20(19)18-26/h6-7,10-11H,3-5,8-9,12-18H2,1-2H3,(H2,23,24,25). The molecule has 0 saturated carbocycles. The molecular formula is C22H36N4O2. The third kappa shape index (κ3) is 7.89. The number of fused-ring (bicyclic) bond motifs is 1. The number of nitrogens with zero attached hydrogens (tertiary/aromatic N) is 2. The number of unbranched alkanes of at least 4 members (excludes halogenated alkanes) is 1. The Morgan fingerprint density at radius 3 is 2.46 bits per heavy atom. The molecule has 0 spiro atoms. The van der Waals surface area contributed by atoms with Crippen molar-refractivity contribution in [3.8, 4) is 0 Å². The molecule has 0 aromatic heterocycles. The summed E-state index contributed by atoms with van der Waals surface area (Å²) in [7, 11) is 0. The lowest BCUT2D eigenvalue weighted by atomic mass is 10.1. The Morgan fingerprint density at radius 2 is 1.79 bits per heavy atom. The summed E-state index contributed by atoms with van der Waals surface area (Å²) in [5.41, 5.74) is 2.54. The van der Waals surface area contributed by atoms with Crippen molar-refractivity contribution in [3.05, 3.63) is 35.4 Å². The van der Waals surface area contributed by atoms with Crippen molar-refractivity contribution in [1.29, 1.82) is 0 Å². The van der Waals surface area contributed by atoms with Crippen molar-refractivity contribution in [1.82, 2.24) is 15.5 Å². The molecule has 1 aliphatic heterocycles. The summed E-state index contributed by atoms with van der Waals surface area (Å²) < 4.78 is 5.57. The summed E-state index contributed by atoms with van der Waals surface area (Å²) in [6.07, 6.45) is 4.56. The van der Waals surface area contributed by atoms with Crippen molar-refractivity contribution in [3.63, 3.8) is 0 Å². The van der Waals surface area contributed by atoms with Gasteiger partial charge >= 0.3 is 0 Å². The van der Waals surface area contributed by atoms with E-state index in [0.29, 0.717) is 13.0 Å². The fourth-order valence-electron chi connectivity index (χ4n) is 3.16. The molecule has 28 heavy (non-hydrogen) atoms. The van der Waals surface area contributed by atoms with E-state index in [1.165, 1.54) is 17.5 Å². The predicted molar refractivity (Wildman–Crippen MR) is 114 cm³/mol. The van der Waals surface area contributed by atoms with Crippen LogP contribution in [0.4, 0.5) is 0 Å². The number of ether oxygens (including phenoxy) is 1. The molecule has 1 amide bonds. The van der Waals surface area contributed by atoms with Crippen LogP contribution in [0, 0.1) is 0 Å². The maximum Gasteiger partial charge on any atom is 0.223 e. The van der Waals surface area contributed by atoms with Crippen LogP contribution in [0.5, 0.6) is 0 Å². The largest absolute Gasteiger partial charge is 0.381 e. The monoisotopic (exact) mass is 388 g/mol. The summed E-state index contributed by atoms with van der Waals surface area (Å²) in [5.74, 6) is 1.03. The van der Waals surface area contributed by atoms with E-state index < -0.39 is 0 Å². The molecule has 0 fully saturated rings. The maximum atomic E-state index is 12.4. The maximum absolute atomic E-state index is 12.4. The number of aliphatic imine (C=N–C) groups is 1. The zero-order valence-corrected chi connectivity index (χ0v) is 17.5. The molecule has 0 aliphatic carbocycles. The lowest BCUT2D eigenvalue weighted by molar-refractivity contribution is -0.131. The Labute approximate surface area is 169 Å². The molecule has 0 saturated heterocycles. The van der Waals surface area contributed by atoms with Crippen LogP contribution < -0.4 is 10.6 Å². The van der Waals surface area contributed by atoms with Crippen molar-refractivity contribution >= 4 is 11.9 Å². The quantitative estimate of drug-likeness (QED) is 0.328. The summed E-state index contributed by atoms with van der Waals surface area (Å²) >= 11 is 0. The number of amides is 1. The van der Waals surface area contributed by atoms with Gasteiger partial charge in [-0.25, -0.2) is 0 Å². The number of nitrogens with one attached hydrogen (secondary N) is 2. The SMILES string of the molecule is CCCCOCCCNC(=NCCCC(=O)N1Cc2ccccc2C1)NCC. The second-order valence-electron chi connectivity index (χ2n) is 7.13. The molecule has 0 unspecified atom stereocenters. The van der Waals surface area contributed by atoms with E-state index in [-0.39, 0.29) is 5.91 Å². The zero-order valence-electron chi connectivity index (χ0n) is 17.5. The van der Waals surface area contributed by atoms with Crippen LogP contribution in [0.1, 0.15) is 57.1 Å². The van der Waals surface area contributed by atoms with Crippen LogP contribution in [0.25, 0.3) is 0 Å². The second-order valence-corrected chi connectivity index (χ2v) is 7.13. The van der Waals surface area contributed by atoms with Crippen LogP contribution in [0.2, 0.25) is 0 Å². The first-order valence-electron chi connectivity index (χ1n) is 10.7. The fraction of sp³-hybridized carbons (Fsp3) is 0.636. The lowest BCUT2D eigenvalue weighted by Crippen LogP contribution is -2.38. The van der Waals surface area contributed by atoms with Crippen molar-refractivity contribution in [2.24, 2.45) is 4.99 Å². The molecule has 6 nitrogen and oxygen atoms in total. The van der Waals surface area contributed by atoms with Gasteiger partial charge in [0.1, 0.15) is 0 Å². The van der Waals surface area contributed by atoms with Gasteiger partial charge in [0.25, 0.3) is 0 Å². The predicted octanol–water partition coefficient (Wildman–Crippen LogP) is 3.07. The number of rotatable bonds is 12. The molecule has 1 aliphatic rings. The van der Waals surface area contributed by atoms with Gasteiger partial charge in [-0.3, -0.25) is 9.79 Å². The van der Waals surface area contributed by atoms with E-state index in [1.54, 1.807) is 0 Å². The van der Waals surface area contributed by atoms with Crippen LogP contribution in [0.15, 0.2) is 29.3 Å². The Kier molecular flexibility index (Phi) is 10.4. The molecule has 6 heteroatoms. The molecule has 0 radical (unpaired) electrons. The highest BCUT2D eigenvalue weighted by Gasteiger charge is 2.22. The third-order valence-corrected chi connectivity index (χ3v) is 4.76. The molecular weight excluding hydrogens is 352 g/mol. The topological polar surface area (TPSA) is 66.0 Å². The second kappa shape index (κ2) is 13.2. The molecule has 2 N–H and O–H groups in total. The highest BCUT2D eigenvalue weighted by atomic mass is 16.5. The Morgan fingerprint density at radius 1 is 1.07 bits per heavy atom. The van der Waals surface area contributed by atoms with Gasteiger partial charge in [0.15, 0.2) is 5.96 Å². The first-order valence-corrected chi connectivity index (χ1v) is 10.7. The fourth-order valence-corrected chi connectivity index (χ4v) is 3.16. The molecule has 156 valence electrons. The first-order chi connectivity index (χ1) is 13.7. The minimum Gasteiger partial charge on any atom is -0.381 e. The zero-order chi connectivity index (χ0) is 20.0. The normalized spacial score (nSPS) is 13.5. The Hall–Kier alpha value is -2.08. The van der Waals surface area contributed by atoms with Gasteiger partial charge in [-0.05, 0) is 37.3 Å². The van der Waals surface area contributed by atoms with Crippen molar-refractivity contribution in [2.45, 2.75) is 59.0 Å². The highest BCUT2D eigenvalue weighted by Crippen LogP contribution is 2.22.